The van der Waals surface area contributed by atoms with Crippen molar-refractivity contribution in [1.29, 1.82) is 0 Å². The number of aliphatic hydroxyl groups excluding tert-OH is 1. The van der Waals surface area contributed by atoms with Crippen molar-refractivity contribution < 1.29 is 33.6 Å². The van der Waals surface area contributed by atoms with Crippen LogP contribution in [-0.2, 0) is 4.79 Å². The van der Waals surface area contributed by atoms with Gasteiger partial charge in [-0.2, -0.15) is 0 Å². The summed E-state index contributed by atoms with van der Waals surface area (Å²) in [5.41, 5.74) is 0.0180. The lowest BCUT2D eigenvalue weighted by Gasteiger charge is -2.17. The summed E-state index contributed by atoms with van der Waals surface area (Å²) in [5.74, 6) is -1.07. The van der Waals surface area contributed by atoms with Gasteiger partial charge in [0, 0.05) is 0 Å². The Morgan fingerprint density at radius 3 is 1.95 bits per heavy atom. The lowest BCUT2D eigenvalue weighted by molar-refractivity contribution is -0.147. The Morgan fingerprint density at radius 1 is 1.16 bits per heavy atom. The third-order valence-electron chi connectivity index (χ3n) is 2.54. The summed E-state index contributed by atoms with van der Waals surface area (Å²) in [4.78, 5) is 10.5. The summed E-state index contributed by atoms with van der Waals surface area (Å²) >= 11 is 0. The van der Waals surface area contributed by atoms with Crippen molar-refractivity contribution in [2.45, 2.75) is 12.3 Å². The largest absolute Gasteiger partial charge is 0.493 e. The molecule has 1 rings (SSSR count). The van der Waals surface area contributed by atoms with Gasteiger partial charge in [0.25, 0.3) is 0 Å². The number of rotatable bonds is 6. The van der Waals surface area contributed by atoms with Gasteiger partial charge in [-0.1, -0.05) is 0 Å². The molecular weight excluding hydrogens is 259 g/mol. The molecule has 7 heteroatoms. The zero-order valence-corrected chi connectivity index (χ0v) is 10.7. The molecule has 0 saturated heterocycles. The molecule has 0 heterocycles. The highest BCUT2D eigenvalue weighted by molar-refractivity contribution is 5.73. The summed E-state index contributed by atoms with van der Waals surface area (Å²) in [5, 5.41) is 18.2. The predicted octanol–water partition coefficient (Wildman–Crippen LogP) is 1.17. The van der Waals surface area contributed by atoms with Crippen LogP contribution < -0.4 is 14.2 Å². The summed E-state index contributed by atoms with van der Waals surface area (Å²) in [6, 6.07) is 2.59. The summed E-state index contributed by atoms with van der Waals surface area (Å²) in [6.07, 6.45) is -4.27. The van der Waals surface area contributed by atoms with Gasteiger partial charge < -0.3 is 24.4 Å². The first-order chi connectivity index (χ1) is 8.96. The number of hydrogen-bond acceptors (Lipinski definition) is 5. The summed E-state index contributed by atoms with van der Waals surface area (Å²) in [7, 11) is 4.11. The first kappa shape index (κ1) is 15.0. The predicted molar refractivity (Wildman–Crippen MR) is 63.6 cm³/mol. The Morgan fingerprint density at radius 2 is 1.63 bits per heavy atom. The quantitative estimate of drug-likeness (QED) is 0.810. The van der Waals surface area contributed by atoms with Gasteiger partial charge in [0.2, 0.25) is 11.9 Å². The lowest BCUT2D eigenvalue weighted by atomic mass is 10.0. The van der Waals surface area contributed by atoms with Crippen LogP contribution in [0.3, 0.4) is 0 Å². The maximum atomic E-state index is 13.3. The van der Waals surface area contributed by atoms with Gasteiger partial charge in [0.1, 0.15) is 6.10 Å². The van der Waals surface area contributed by atoms with E-state index < -0.39 is 18.2 Å². The highest BCUT2D eigenvalue weighted by atomic mass is 19.1. The molecule has 0 saturated carbocycles. The number of hydrogen-bond donors (Lipinski definition) is 2. The van der Waals surface area contributed by atoms with Crippen molar-refractivity contribution in [3.63, 3.8) is 0 Å². The third-order valence-corrected chi connectivity index (χ3v) is 2.54. The first-order valence-electron chi connectivity index (χ1n) is 5.31. The molecule has 0 aliphatic heterocycles. The molecular formula is C12H15FO6. The van der Waals surface area contributed by atoms with E-state index in [9.17, 15) is 14.3 Å². The summed E-state index contributed by atoms with van der Waals surface area (Å²) in [6.45, 7) is 0. The number of halogens is 1. The minimum Gasteiger partial charge on any atom is -0.493 e. The van der Waals surface area contributed by atoms with Crippen molar-refractivity contribution in [2.75, 3.05) is 21.3 Å². The van der Waals surface area contributed by atoms with E-state index >= 15 is 0 Å². The van der Waals surface area contributed by atoms with Crippen LogP contribution in [0.25, 0.3) is 0 Å². The van der Waals surface area contributed by atoms with E-state index in [1.807, 2.05) is 0 Å². The molecule has 2 atom stereocenters. The molecule has 2 unspecified atom stereocenters. The van der Waals surface area contributed by atoms with Gasteiger partial charge in [-0.05, 0) is 17.7 Å². The van der Waals surface area contributed by atoms with E-state index in [0.29, 0.717) is 0 Å². The van der Waals surface area contributed by atoms with Crippen LogP contribution in [0.5, 0.6) is 17.2 Å². The van der Waals surface area contributed by atoms with Crippen molar-refractivity contribution in [3.05, 3.63) is 17.7 Å². The first-order valence-corrected chi connectivity index (χ1v) is 5.31. The molecule has 106 valence electrons. The zero-order valence-electron chi connectivity index (χ0n) is 10.7. The second kappa shape index (κ2) is 6.24. The van der Waals surface area contributed by atoms with Gasteiger partial charge in [0.15, 0.2) is 11.5 Å². The number of aliphatic hydroxyl groups is 1. The van der Waals surface area contributed by atoms with Crippen molar-refractivity contribution in [2.24, 2.45) is 0 Å². The molecule has 1 aromatic carbocycles. The topological polar surface area (TPSA) is 85.2 Å². The second-order valence-electron chi connectivity index (χ2n) is 3.64. The van der Waals surface area contributed by atoms with E-state index in [1.165, 1.54) is 33.5 Å². The fraction of sp³-hybridized carbons (Fsp3) is 0.417. The van der Waals surface area contributed by atoms with Gasteiger partial charge >= 0.3 is 5.97 Å². The number of aliphatic carboxylic acids is 1. The average Bonchev–Trinajstić information content (AvgIpc) is 2.43. The van der Waals surface area contributed by atoms with Crippen LogP contribution in [0.1, 0.15) is 11.7 Å². The Balaban J connectivity index is 3.26. The Hall–Kier alpha value is -2.02. The van der Waals surface area contributed by atoms with Gasteiger partial charge in [-0.25, -0.2) is 9.18 Å². The molecule has 0 aliphatic carbocycles. The number of ether oxygens (including phenoxy) is 3. The molecule has 0 amide bonds. The third kappa shape index (κ3) is 3.05. The maximum absolute atomic E-state index is 13.3. The summed E-state index contributed by atoms with van der Waals surface area (Å²) < 4.78 is 28.4. The van der Waals surface area contributed by atoms with E-state index in [4.69, 9.17) is 19.3 Å². The lowest BCUT2D eigenvalue weighted by Crippen LogP contribution is -2.23. The number of carbonyl (C=O) groups is 1. The molecule has 0 bridgehead atoms. The molecule has 0 aliphatic rings. The van der Waals surface area contributed by atoms with Gasteiger partial charge in [-0.3, -0.25) is 0 Å². The van der Waals surface area contributed by atoms with E-state index in [1.54, 1.807) is 0 Å². The molecule has 19 heavy (non-hydrogen) atoms. The van der Waals surface area contributed by atoms with Crippen LogP contribution in [-0.4, -0.2) is 43.7 Å². The zero-order chi connectivity index (χ0) is 14.6. The highest BCUT2D eigenvalue weighted by Crippen LogP contribution is 2.40. The van der Waals surface area contributed by atoms with E-state index in [0.717, 1.165) is 0 Å². The smallest absolute Gasteiger partial charge is 0.341 e. The van der Waals surface area contributed by atoms with Crippen LogP contribution in [0.15, 0.2) is 12.1 Å². The average molecular weight is 274 g/mol. The van der Waals surface area contributed by atoms with Crippen LogP contribution in [0.4, 0.5) is 4.39 Å². The maximum Gasteiger partial charge on any atom is 0.341 e. The minimum atomic E-state index is -2.44. The second-order valence-corrected chi connectivity index (χ2v) is 3.64. The molecule has 0 radical (unpaired) electrons. The fourth-order valence-corrected chi connectivity index (χ4v) is 1.58. The molecule has 2 N–H and O–H groups in total. The van der Waals surface area contributed by atoms with E-state index in [2.05, 4.69) is 0 Å². The van der Waals surface area contributed by atoms with Crippen molar-refractivity contribution in [1.82, 2.24) is 0 Å². The number of alkyl halides is 1. The fourth-order valence-electron chi connectivity index (χ4n) is 1.58. The number of carboxylic acid groups (broad SMARTS) is 1. The molecule has 1 aromatic rings. The Kier molecular flexibility index (Phi) is 4.94. The van der Waals surface area contributed by atoms with Crippen molar-refractivity contribution in [3.8, 4) is 17.2 Å². The highest BCUT2D eigenvalue weighted by Gasteiger charge is 2.29. The normalized spacial score (nSPS) is 13.5. The number of benzene rings is 1. The Labute approximate surface area is 109 Å². The van der Waals surface area contributed by atoms with E-state index in [-0.39, 0.29) is 22.8 Å². The number of carboxylic acids is 1. The molecule has 0 aromatic heterocycles. The van der Waals surface area contributed by atoms with Crippen molar-refractivity contribution >= 4 is 5.97 Å². The van der Waals surface area contributed by atoms with Gasteiger partial charge in [-0.15, -0.1) is 0 Å². The standard InChI is InChI=1S/C12H15FO6/c1-17-7-4-6(10(14)9(13)12(15)16)5-8(18-2)11(7)19-3/h4-5,9-10,14H,1-3H3,(H,15,16). The Bertz CT molecular complexity index is 437. The van der Waals surface area contributed by atoms with Gasteiger partial charge in [0.05, 0.1) is 21.3 Å². The van der Waals surface area contributed by atoms with Crippen LogP contribution in [0.2, 0.25) is 0 Å². The SMILES string of the molecule is COc1cc(C(O)C(F)C(=O)O)cc(OC)c1OC. The molecule has 0 fully saturated rings. The van der Waals surface area contributed by atoms with Crippen LogP contribution >= 0.6 is 0 Å². The minimum absolute atomic E-state index is 0.0180. The monoisotopic (exact) mass is 274 g/mol. The molecule has 6 nitrogen and oxygen atoms in total. The van der Waals surface area contributed by atoms with Crippen LogP contribution in [0, 0.1) is 0 Å². The number of methoxy groups -OCH3 is 3. The molecule has 0 spiro atoms.